The van der Waals surface area contributed by atoms with E-state index in [4.69, 9.17) is 4.52 Å². The van der Waals surface area contributed by atoms with Crippen LogP contribution in [-0.4, -0.2) is 39.0 Å². The highest BCUT2D eigenvalue weighted by atomic mass is 16.5. The van der Waals surface area contributed by atoms with Gasteiger partial charge in [-0.2, -0.15) is 4.98 Å². The molecular weight excluding hydrogens is 316 g/mol. The maximum Gasteiger partial charge on any atom is 0.253 e. The molecule has 6 nitrogen and oxygen atoms in total. The third kappa shape index (κ3) is 2.91. The molecule has 126 valence electrons. The molecule has 0 radical (unpaired) electrons. The summed E-state index contributed by atoms with van der Waals surface area (Å²) in [4.78, 5) is 22.8. The number of likely N-dealkylation sites (tertiary alicyclic amines) is 1. The van der Waals surface area contributed by atoms with Crippen molar-refractivity contribution >= 4 is 5.91 Å². The quantitative estimate of drug-likeness (QED) is 0.736. The topological polar surface area (TPSA) is 72.1 Å². The van der Waals surface area contributed by atoms with Gasteiger partial charge in [0.15, 0.2) is 0 Å². The van der Waals surface area contributed by atoms with Gasteiger partial charge in [-0.25, -0.2) is 0 Å². The number of nitrogens with zero attached hydrogens (tertiary/aromatic N) is 4. The Hall–Kier alpha value is -3.02. The largest absolute Gasteiger partial charge is 0.339 e. The number of aromatic nitrogens is 3. The zero-order chi connectivity index (χ0) is 17.4. The lowest BCUT2D eigenvalue weighted by Crippen LogP contribution is -2.48. The number of rotatable bonds is 3. The molecule has 0 unspecified atom stereocenters. The van der Waals surface area contributed by atoms with Crippen LogP contribution in [0.5, 0.6) is 0 Å². The molecule has 0 atom stereocenters. The van der Waals surface area contributed by atoms with E-state index in [2.05, 4.69) is 15.1 Å². The van der Waals surface area contributed by atoms with Crippen LogP contribution >= 0.6 is 0 Å². The number of carbonyl (C=O) groups excluding carboxylic acids is 1. The van der Waals surface area contributed by atoms with Gasteiger partial charge in [-0.05, 0) is 49.2 Å². The molecule has 1 aromatic carbocycles. The van der Waals surface area contributed by atoms with E-state index >= 15 is 0 Å². The van der Waals surface area contributed by atoms with Crippen LogP contribution in [-0.2, 0) is 0 Å². The average molecular weight is 334 g/mol. The molecule has 1 saturated heterocycles. The lowest BCUT2D eigenvalue weighted by molar-refractivity contribution is 0.0569. The first-order chi connectivity index (χ1) is 12.1. The van der Waals surface area contributed by atoms with Crippen molar-refractivity contribution in [1.29, 1.82) is 0 Å². The maximum absolute atomic E-state index is 12.5. The summed E-state index contributed by atoms with van der Waals surface area (Å²) in [6.45, 7) is 5.26. The monoisotopic (exact) mass is 334 g/mol. The number of hydrogen-bond acceptors (Lipinski definition) is 5. The Labute approximate surface area is 145 Å². The van der Waals surface area contributed by atoms with E-state index in [0.29, 0.717) is 24.8 Å². The van der Waals surface area contributed by atoms with Crippen molar-refractivity contribution in [1.82, 2.24) is 20.0 Å². The number of amides is 1. The summed E-state index contributed by atoms with van der Waals surface area (Å²) in [5.74, 6) is 1.28. The molecule has 2 aromatic heterocycles. The zero-order valence-electron chi connectivity index (χ0n) is 14.1. The molecule has 1 amide bonds. The Morgan fingerprint density at radius 2 is 1.88 bits per heavy atom. The lowest BCUT2D eigenvalue weighted by Gasteiger charge is -2.37. The van der Waals surface area contributed by atoms with Gasteiger partial charge in [0.05, 0.1) is 5.92 Å². The van der Waals surface area contributed by atoms with Crippen molar-refractivity contribution in [3.63, 3.8) is 0 Å². The number of pyridine rings is 1. The third-order valence-electron chi connectivity index (χ3n) is 4.65. The molecule has 0 aliphatic carbocycles. The van der Waals surface area contributed by atoms with Crippen LogP contribution in [0.2, 0.25) is 0 Å². The minimum atomic E-state index is 0.0493. The van der Waals surface area contributed by atoms with Crippen molar-refractivity contribution in [2.24, 2.45) is 0 Å². The molecule has 25 heavy (non-hydrogen) atoms. The van der Waals surface area contributed by atoms with Gasteiger partial charge in [0, 0.05) is 36.6 Å². The predicted molar refractivity (Wildman–Crippen MR) is 92.1 cm³/mol. The highest BCUT2D eigenvalue weighted by Gasteiger charge is 2.36. The van der Waals surface area contributed by atoms with Gasteiger partial charge in [0.25, 0.3) is 5.91 Å². The second kappa shape index (κ2) is 6.12. The number of hydrogen-bond donors (Lipinski definition) is 0. The average Bonchev–Trinajstić information content (AvgIpc) is 3.06. The highest BCUT2D eigenvalue weighted by Crippen LogP contribution is 2.29. The fourth-order valence-electron chi connectivity index (χ4n) is 2.88. The summed E-state index contributed by atoms with van der Waals surface area (Å²) < 4.78 is 5.37. The molecule has 1 aliphatic rings. The molecule has 0 N–H and O–H groups in total. The molecule has 1 aliphatic heterocycles. The minimum Gasteiger partial charge on any atom is -0.339 e. The first-order valence-corrected chi connectivity index (χ1v) is 8.22. The van der Waals surface area contributed by atoms with Crippen LogP contribution in [0, 0.1) is 13.8 Å². The standard InChI is InChI=1S/C19H18N4O2/c1-12-3-4-15(9-13(12)2)19(24)23-10-16(11-23)18-21-17(22-25-18)14-5-7-20-8-6-14/h3-9,16H,10-11H2,1-2H3. The summed E-state index contributed by atoms with van der Waals surface area (Å²) >= 11 is 0. The summed E-state index contributed by atoms with van der Waals surface area (Å²) in [7, 11) is 0. The molecule has 0 spiro atoms. The van der Waals surface area contributed by atoms with E-state index in [1.165, 1.54) is 5.56 Å². The van der Waals surface area contributed by atoms with Gasteiger partial charge >= 0.3 is 0 Å². The Kier molecular flexibility index (Phi) is 3.80. The second-order valence-corrected chi connectivity index (χ2v) is 6.40. The molecular formula is C19H18N4O2. The fraction of sp³-hybridized carbons (Fsp3) is 0.263. The Balaban J connectivity index is 1.43. The van der Waals surface area contributed by atoms with Gasteiger partial charge in [0.2, 0.25) is 11.7 Å². The summed E-state index contributed by atoms with van der Waals surface area (Å²) in [5.41, 5.74) is 3.91. The van der Waals surface area contributed by atoms with Gasteiger partial charge in [-0.15, -0.1) is 0 Å². The van der Waals surface area contributed by atoms with Crippen molar-refractivity contribution in [3.8, 4) is 11.4 Å². The van der Waals surface area contributed by atoms with Crippen molar-refractivity contribution in [3.05, 3.63) is 65.3 Å². The van der Waals surface area contributed by atoms with Gasteiger partial charge in [-0.3, -0.25) is 9.78 Å². The third-order valence-corrected chi connectivity index (χ3v) is 4.65. The minimum absolute atomic E-state index is 0.0493. The Bertz CT molecular complexity index is 914. The van der Waals surface area contributed by atoms with Gasteiger partial charge in [-0.1, -0.05) is 11.2 Å². The summed E-state index contributed by atoms with van der Waals surface area (Å²) in [6, 6.07) is 9.49. The maximum atomic E-state index is 12.5. The van der Waals surface area contributed by atoms with Crippen molar-refractivity contribution in [2.45, 2.75) is 19.8 Å². The summed E-state index contributed by atoms with van der Waals surface area (Å²) in [6.07, 6.45) is 3.39. The molecule has 3 heterocycles. The van der Waals surface area contributed by atoms with Gasteiger partial charge in [0.1, 0.15) is 0 Å². The van der Waals surface area contributed by atoms with Crippen LogP contribution < -0.4 is 0 Å². The number of benzene rings is 1. The molecule has 1 fully saturated rings. The van der Waals surface area contributed by atoms with Crippen molar-refractivity contribution < 1.29 is 9.32 Å². The first kappa shape index (κ1) is 15.5. The van der Waals surface area contributed by atoms with Crippen LogP contribution in [0.25, 0.3) is 11.4 Å². The van der Waals surface area contributed by atoms with Crippen LogP contribution in [0.4, 0.5) is 0 Å². The van der Waals surface area contributed by atoms with E-state index < -0.39 is 0 Å². The smallest absolute Gasteiger partial charge is 0.253 e. The van der Waals surface area contributed by atoms with Crippen LogP contribution in [0.15, 0.2) is 47.2 Å². The highest BCUT2D eigenvalue weighted by molar-refractivity contribution is 5.95. The number of carbonyl (C=O) groups is 1. The van der Waals surface area contributed by atoms with E-state index in [-0.39, 0.29) is 11.8 Å². The molecule has 3 aromatic rings. The predicted octanol–water partition coefficient (Wildman–Crippen LogP) is 2.99. The molecule has 0 bridgehead atoms. The Morgan fingerprint density at radius 1 is 1.12 bits per heavy atom. The van der Waals surface area contributed by atoms with E-state index in [9.17, 15) is 4.79 Å². The second-order valence-electron chi connectivity index (χ2n) is 6.40. The van der Waals surface area contributed by atoms with E-state index in [1.54, 1.807) is 12.4 Å². The SMILES string of the molecule is Cc1ccc(C(=O)N2CC(c3nc(-c4ccncc4)no3)C2)cc1C. The zero-order valence-corrected chi connectivity index (χ0v) is 14.1. The molecule has 0 saturated carbocycles. The van der Waals surface area contributed by atoms with E-state index in [1.807, 2.05) is 49.1 Å². The van der Waals surface area contributed by atoms with Crippen molar-refractivity contribution in [2.75, 3.05) is 13.1 Å². The normalized spacial score (nSPS) is 14.4. The van der Waals surface area contributed by atoms with Crippen LogP contribution in [0.3, 0.4) is 0 Å². The molecule has 6 heteroatoms. The fourth-order valence-corrected chi connectivity index (χ4v) is 2.88. The molecule has 4 rings (SSSR count). The van der Waals surface area contributed by atoms with Crippen LogP contribution in [0.1, 0.15) is 33.3 Å². The van der Waals surface area contributed by atoms with Gasteiger partial charge < -0.3 is 9.42 Å². The lowest BCUT2D eigenvalue weighted by atomic mass is 9.97. The number of aryl methyl sites for hydroxylation is 2. The van der Waals surface area contributed by atoms with E-state index in [0.717, 1.165) is 16.7 Å². The summed E-state index contributed by atoms with van der Waals surface area (Å²) in [5, 5.41) is 4.02. The first-order valence-electron chi connectivity index (χ1n) is 8.22. The Morgan fingerprint density at radius 3 is 2.60 bits per heavy atom.